The summed E-state index contributed by atoms with van der Waals surface area (Å²) in [7, 11) is -3.61. The molecule has 2 heterocycles. The number of benzene rings is 2. The van der Waals surface area contributed by atoms with E-state index in [-0.39, 0.29) is 22.4 Å². The molecule has 2 atom stereocenters. The normalized spacial score (nSPS) is 19.6. The van der Waals surface area contributed by atoms with Gasteiger partial charge in [0.25, 0.3) is 5.91 Å². The number of nitrogens with one attached hydrogen (secondary N) is 1. The second kappa shape index (κ2) is 9.01. The van der Waals surface area contributed by atoms with Crippen molar-refractivity contribution in [2.75, 3.05) is 18.4 Å². The largest absolute Gasteiger partial charge is 0.403 e. The van der Waals surface area contributed by atoms with Crippen LogP contribution < -0.4 is 5.32 Å². The second-order valence-corrected chi connectivity index (χ2v) is 10.5. The van der Waals surface area contributed by atoms with E-state index in [0.717, 1.165) is 6.42 Å². The SMILES string of the molecule is CC1CC(C)CN(S(=O)(=O)c2ccc(C(=O)Nc3nnc(-c4ccc(Cl)cc4)o3)cc2)C1. The Balaban J connectivity index is 1.45. The quantitative estimate of drug-likeness (QED) is 0.590. The van der Waals surface area contributed by atoms with Crippen LogP contribution in [0.25, 0.3) is 11.5 Å². The lowest BCUT2D eigenvalue weighted by atomic mass is 9.94. The maximum Gasteiger partial charge on any atom is 0.322 e. The number of rotatable bonds is 5. The van der Waals surface area contributed by atoms with Gasteiger partial charge in [-0.15, -0.1) is 5.10 Å². The van der Waals surface area contributed by atoms with Gasteiger partial charge >= 0.3 is 6.01 Å². The Labute approximate surface area is 191 Å². The number of hydrogen-bond acceptors (Lipinski definition) is 6. The van der Waals surface area contributed by atoms with Gasteiger partial charge in [-0.3, -0.25) is 10.1 Å². The number of piperidine rings is 1. The van der Waals surface area contributed by atoms with Crippen molar-refractivity contribution in [3.05, 3.63) is 59.1 Å². The molecule has 2 aromatic carbocycles. The molecule has 1 aliphatic heterocycles. The number of carbonyl (C=O) groups is 1. The molecule has 1 N–H and O–H groups in total. The highest BCUT2D eigenvalue weighted by molar-refractivity contribution is 7.89. The summed E-state index contributed by atoms with van der Waals surface area (Å²) in [6.07, 6.45) is 1.01. The van der Waals surface area contributed by atoms with Gasteiger partial charge in [-0.1, -0.05) is 30.5 Å². The van der Waals surface area contributed by atoms with E-state index in [9.17, 15) is 13.2 Å². The zero-order chi connectivity index (χ0) is 22.9. The van der Waals surface area contributed by atoms with Crippen molar-refractivity contribution < 1.29 is 17.6 Å². The fraction of sp³-hybridized carbons (Fsp3) is 0.318. The molecule has 0 saturated carbocycles. The summed E-state index contributed by atoms with van der Waals surface area (Å²) in [6.45, 7) is 5.12. The van der Waals surface area contributed by atoms with Crippen LogP contribution in [0.3, 0.4) is 0 Å². The molecule has 1 aliphatic rings. The van der Waals surface area contributed by atoms with E-state index in [4.69, 9.17) is 16.0 Å². The summed E-state index contributed by atoms with van der Waals surface area (Å²) in [5.41, 5.74) is 0.939. The molecule has 2 unspecified atom stereocenters. The molecule has 10 heteroatoms. The molecule has 1 amide bonds. The second-order valence-electron chi connectivity index (χ2n) is 8.17. The number of aromatic nitrogens is 2. The zero-order valence-corrected chi connectivity index (χ0v) is 19.2. The predicted molar refractivity (Wildman–Crippen MR) is 121 cm³/mol. The summed E-state index contributed by atoms with van der Waals surface area (Å²) in [4.78, 5) is 12.7. The number of nitrogens with zero attached hydrogens (tertiary/aromatic N) is 3. The Hall–Kier alpha value is -2.75. The minimum atomic E-state index is -3.61. The molecule has 3 aromatic rings. The third kappa shape index (κ3) is 4.85. The fourth-order valence-corrected chi connectivity index (χ4v) is 5.69. The Kier molecular flexibility index (Phi) is 6.32. The zero-order valence-electron chi connectivity index (χ0n) is 17.7. The molecule has 0 bridgehead atoms. The van der Waals surface area contributed by atoms with Crippen LogP contribution in [0.4, 0.5) is 6.01 Å². The molecule has 1 saturated heterocycles. The minimum Gasteiger partial charge on any atom is -0.403 e. The molecular formula is C22H23ClN4O4S. The summed E-state index contributed by atoms with van der Waals surface area (Å²) in [5, 5.41) is 10.9. The lowest BCUT2D eigenvalue weighted by Gasteiger charge is -2.34. The van der Waals surface area contributed by atoms with Crippen molar-refractivity contribution in [3.63, 3.8) is 0 Å². The third-order valence-corrected chi connectivity index (χ3v) is 7.42. The van der Waals surface area contributed by atoms with Crippen LogP contribution in [0.2, 0.25) is 5.02 Å². The number of anilines is 1. The summed E-state index contributed by atoms with van der Waals surface area (Å²) >= 11 is 5.87. The maximum atomic E-state index is 13.0. The first-order chi connectivity index (χ1) is 15.2. The lowest BCUT2D eigenvalue weighted by molar-refractivity contribution is 0.102. The van der Waals surface area contributed by atoms with E-state index in [2.05, 4.69) is 29.4 Å². The third-order valence-electron chi connectivity index (χ3n) is 5.33. The van der Waals surface area contributed by atoms with Gasteiger partial charge in [0.1, 0.15) is 0 Å². The van der Waals surface area contributed by atoms with Gasteiger partial charge in [0.15, 0.2) is 0 Å². The van der Waals surface area contributed by atoms with E-state index in [0.29, 0.717) is 35.5 Å². The smallest absolute Gasteiger partial charge is 0.322 e. The van der Waals surface area contributed by atoms with E-state index < -0.39 is 15.9 Å². The molecule has 0 spiro atoms. The average molecular weight is 475 g/mol. The van der Waals surface area contributed by atoms with Gasteiger partial charge in [-0.05, 0) is 66.8 Å². The molecular weight excluding hydrogens is 452 g/mol. The minimum absolute atomic E-state index is 0.0621. The highest BCUT2D eigenvalue weighted by Gasteiger charge is 2.31. The van der Waals surface area contributed by atoms with E-state index in [1.54, 1.807) is 24.3 Å². The Bertz CT molecular complexity index is 1200. The highest BCUT2D eigenvalue weighted by Crippen LogP contribution is 2.27. The van der Waals surface area contributed by atoms with Gasteiger partial charge in [-0.25, -0.2) is 8.42 Å². The topological polar surface area (TPSA) is 105 Å². The molecule has 8 nitrogen and oxygen atoms in total. The van der Waals surface area contributed by atoms with Crippen LogP contribution in [0.15, 0.2) is 57.8 Å². The Morgan fingerprint density at radius 2 is 1.66 bits per heavy atom. The van der Waals surface area contributed by atoms with E-state index in [1.165, 1.54) is 28.6 Å². The van der Waals surface area contributed by atoms with Crippen LogP contribution in [-0.4, -0.2) is 41.9 Å². The van der Waals surface area contributed by atoms with Crippen LogP contribution in [0.1, 0.15) is 30.6 Å². The monoisotopic (exact) mass is 474 g/mol. The van der Waals surface area contributed by atoms with Crippen LogP contribution in [0.5, 0.6) is 0 Å². The average Bonchev–Trinajstić information content (AvgIpc) is 3.22. The summed E-state index contributed by atoms with van der Waals surface area (Å²) in [6, 6.07) is 12.6. The number of hydrogen-bond donors (Lipinski definition) is 1. The molecule has 168 valence electrons. The molecule has 32 heavy (non-hydrogen) atoms. The molecule has 1 aromatic heterocycles. The van der Waals surface area contributed by atoms with Crippen LogP contribution >= 0.6 is 11.6 Å². The molecule has 0 aliphatic carbocycles. The maximum absolute atomic E-state index is 13.0. The van der Waals surface area contributed by atoms with Crippen molar-refractivity contribution in [2.24, 2.45) is 11.8 Å². The van der Waals surface area contributed by atoms with Crippen LogP contribution in [-0.2, 0) is 10.0 Å². The number of halogens is 1. The van der Waals surface area contributed by atoms with Gasteiger partial charge in [0.2, 0.25) is 15.9 Å². The van der Waals surface area contributed by atoms with Crippen molar-refractivity contribution >= 4 is 33.5 Å². The van der Waals surface area contributed by atoms with Gasteiger partial charge in [0, 0.05) is 29.2 Å². The predicted octanol–water partition coefficient (Wildman–Crippen LogP) is 4.31. The Morgan fingerprint density at radius 3 is 2.28 bits per heavy atom. The highest BCUT2D eigenvalue weighted by atomic mass is 35.5. The van der Waals surface area contributed by atoms with Crippen molar-refractivity contribution in [2.45, 2.75) is 25.2 Å². The van der Waals surface area contributed by atoms with Crippen molar-refractivity contribution in [1.82, 2.24) is 14.5 Å². The van der Waals surface area contributed by atoms with Crippen molar-refractivity contribution in [3.8, 4) is 11.5 Å². The first kappa shape index (κ1) is 22.4. The number of amides is 1. The summed E-state index contributed by atoms with van der Waals surface area (Å²) in [5.74, 6) is 0.375. The standard InChI is InChI=1S/C22H23ClN4O4S/c1-14-11-15(2)13-27(12-14)32(29,30)19-9-5-16(6-10-19)20(28)24-22-26-25-21(31-22)17-3-7-18(23)8-4-17/h3-10,14-15H,11-13H2,1-2H3,(H,24,26,28). The first-order valence-electron chi connectivity index (χ1n) is 10.2. The first-order valence-corrected chi connectivity index (χ1v) is 12.0. The van der Waals surface area contributed by atoms with E-state index in [1.807, 2.05) is 0 Å². The lowest BCUT2D eigenvalue weighted by Crippen LogP contribution is -2.42. The van der Waals surface area contributed by atoms with E-state index >= 15 is 0 Å². The fourth-order valence-electron chi connectivity index (χ4n) is 3.88. The Morgan fingerprint density at radius 1 is 1.03 bits per heavy atom. The molecule has 0 radical (unpaired) electrons. The number of carbonyl (C=O) groups excluding carboxylic acids is 1. The van der Waals surface area contributed by atoms with Gasteiger partial charge in [-0.2, -0.15) is 4.31 Å². The molecule has 4 rings (SSSR count). The van der Waals surface area contributed by atoms with Gasteiger partial charge in [0.05, 0.1) is 4.90 Å². The number of sulfonamides is 1. The van der Waals surface area contributed by atoms with Gasteiger partial charge < -0.3 is 4.42 Å². The van der Waals surface area contributed by atoms with Crippen molar-refractivity contribution in [1.29, 1.82) is 0 Å². The summed E-state index contributed by atoms with van der Waals surface area (Å²) < 4.78 is 33.0. The van der Waals surface area contributed by atoms with Crippen LogP contribution in [0, 0.1) is 11.8 Å². The molecule has 1 fully saturated rings.